The molecule has 0 bridgehead atoms. The van der Waals surface area contributed by atoms with E-state index < -0.39 is 82.0 Å². The smallest absolute Gasteiger partial charge is 0.472 e. The zero-order valence-electron chi connectivity index (χ0n) is 25.1. The summed E-state index contributed by atoms with van der Waals surface area (Å²) in [5.41, 5.74) is 2.80. The van der Waals surface area contributed by atoms with Gasteiger partial charge in [-0.25, -0.2) is 14.2 Å². The summed E-state index contributed by atoms with van der Waals surface area (Å²) in [5, 5.41) is 50.9. The van der Waals surface area contributed by atoms with E-state index in [-0.39, 0.29) is 32.4 Å². The van der Waals surface area contributed by atoms with Crippen molar-refractivity contribution in [2.45, 2.75) is 37.4 Å². The van der Waals surface area contributed by atoms with Crippen LogP contribution in [-0.4, -0.2) is 123 Å². The average molecular weight is 684 g/mol. The van der Waals surface area contributed by atoms with Crippen LogP contribution in [0, 0.1) is 0 Å². The van der Waals surface area contributed by atoms with Crippen LogP contribution in [0.15, 0.2) is 54.6 Å². The predicted molar refractivity (Wildman–Crippen MR) is 164 cm³/mol. The number of hydrogen-bond donors (Lipinski definition) is 8. The highest BCUT2D eigenvalue weighted by Crippen LogP contribution is 2.43. The summed E-state index contributed by atoms with van der Waals surface area (Å²) in [7, 11) is -4.73. The van der Waals surface area contributed by atoms with Gasteiger partial charge in [0.2, 0.25) is 6.04 Å². The lowest BCUT2D eigenvalue weighted by Gasteiger charge is -2.30. The summed E-state index contributed by atoms with van der Waals surface area (Å²) < 4.78 is 22.8. The van der Waals surface area contributed by atoms with Crippen LogP contribution in [0.1, 0.15) is 18.4 Å². The molecule has 0 aromatic heterocycles. The fourth-order valence-corrected chi connectivity index (χ4v) is 5.13. The van der Waals surface area contributed by atoms with E-state index in [9.17, 15) is 48.8 Å². The monoisotopic (exact) mass is 683 g/mol. The maximum atomic E-state index is 12.6. The molecule has 0 amide bonds. The van der Waals surface area contributed by atoms with Gasteiger partial charge in [-0.15, -0.1) is 0 Å². The van der Waals surface area contributed by atoms with Crippen molar-refractivity contribution in [3.63, 3.8) is 0 Å². The number of nitrogens with one attached hydrogen (secondary N) is 2. The molecule has 47 heavy (non-hydrogen) atoms. The van der Waals surface area contributed by atoms with Gasteiger partial charge in [-0.3, -0.25) is 33.6 Å². The molecule has 0 radical (unpaired) electrons. The first-order valence-electron chi connectivity index (χ1n) is 14.3. The van der Waals surface area contributed by atoms with Crippen LogP contribution in [0.25, 0.3) is 11.1 Å². The highest BCUT2D eigenvalue weighted by Gasteiger charge is 2.30. The molecule has 0 fully saturated rings. The van der Waals surface area contributed by atoms with Crippen molar-refractivity contribution in [3.05, 3.63) is 60.2 Å². The van der Waals surface area contributed by atoms with Crippen LogP contribution < -0.4 is 10.6 Å². The molecule has 2 rings (SSSR count). The van der Waals surface area contributed by atoms with E-state index in [1.54, 1.807) is 0 Å². The van der Waals surface area contributed by atoms with Crippen LogP contribution in [0.3, 0.4) is 0 Å². The lowest BCUT2D eigenvalue weighted by atomic mass is 10.0. The Hall–Kier alpha value is -4.22. The molecule has 0 saturated carbocycles. The molecule has 0 heterocycles. The van der Waals surface area contributed by atoms with Gasteiger partial charge in [-0.2, -0.15) is 0 Å². The Kier molecular flexibility index (Phi) is 16.1. The third kappa shape index (κ3) is 14.8. The lowest BCUT2D eigenvalue weighted by molar-refractivity contribution is -0.151. The Balaban J connectivity index is 2.01. The van der Waals surface area contributed by atoms with E-state index in [4.69, 9.17) is 19.3 Å². The summed E-state index contributed by atoms with van der Waals surface area (Å²) in [4.78, 5) is 67.8. The Morgan fingerprint density at radius 2 is 1.34 bits per heavy atom. The molecule has 2 aromatic rings. The number of carboxylic acid groups (broad SMARTS) is 5. The highest BCUT2D eigenvalue weighted by atomic mass is 31.2. The second-order valence-corrected chi connectivity index (χ2v) is 11.7. The van der Waals surface area contributed by atoms with Gasteiger partial charge in [-0.1, -0.05) is 54.6 Å². The van der Waals surface area contributed by atoms with E-state index in [0.717, 1.165) is 21.6 Å². The molecule has 8 N–H and O–H groups in total. The van der Waals surface area contributed by atoms with Gasteiger partial charge in [0.15, 0.2) is 0 Å². The van der Waals surface area contributed by atoms with Gasteiger partial charge in [0, 0.05) is 12.6 Å². The fourth-order valence-electron chi connectivity index (χ4n) is 4.37. The molecule has 3 atom stereocenters. The van der Waals surface area contributed by atoms with Gasteiger partial charge in [0.25, 0.3) is 0 Å². The predicted octanol–water partition coefficient (Wildman–Crippen LogP) is 0.820. The van der Waals surface area contributed by atoms with Crippen molar-refractivity contribution in [2.24, 2.45) is 0 Å². The lowest BCUT2D eigenvalue weighted by Crippen LogP contribution is -2.52. The van der Waals surface area contributed by atoms with Crippen molar-refractivity contribution in [3.8, 4) is 11.1 Å². The molecule has 0 aliphatic rings. The maximum Gasteiger partial charge on any atom is 0.472 e. The molecule has 0 aliphatic heterocycles. The SMILES string of the molecule is O=C(O)CN(CC(=O)O)C(CNC(CCCNC(C(=O)O)C(=O)O)C(=O)O)COP(=O)(O)OCCc1ccc(-c2ccccc2)cc1. The number of carbonyl (C=O) groups is 5. The molecule has 0 saturated heterocycles. The number of carboxylic acids is 5. The number of phosphoric acid groups is 1. The summed E-state index contributed by atoms with van der Waals surface area (Å²) in [6.45, 7) is -3.19. The van der Waals surface area contributed by atoms with Crippen LogP contribution >= 0.6 is 7.82 Å². The van der Waals surface area contributed by atoms with Gasteiger partial charge in [0.05, 0.1) is 26.3 Å². The first-order valence-corrected chi connectivity index (χ1v) is 15.8. The molecule has 3 unspecified atom stereocenters. The minimum atomic E-state index is -4.73. The van der Waals surface area contributed by atoms with Crippen molar-refractivity contribution in [1.82, 2.24) is 15.5 Å². The summed E-state index contributed by atoms with van der Waals surface area (Å²) in [6, 6.07) is 12.6. The topological polar surface area (TPSA) is 270 Å². The molecule has 17 nitrogen and oxygen atoms in total. The quantitative estimate of drug-likeness (QED) is 0.0432. The standard InChI is InChI=1S/C29H38N3O14P/c33-24(34)16-32(17-25(35)36)22(15-31-23(27(37)38)7-4-13-30-26(28(39)40)29(41)42)18-46-47(43,44)45-14-12-19-8-10-21(11-9-19)20-5-2-1-3-6-20/h1-3,5-6,8-11,22-23,26,30-31H,4,7,12-18H2,(H,33,34)(H,35,36)(H,37,38)(H,39,40)(H,41,42)(H,43,44). The Bertz CT molecular complexity index is 1360. The van der Waals surface area contributed by atoms with E-state index in [1.165, 1.54) is 0 Å². The van der Waals surface area contributed by atoms with Crippen LogP contribution in [-0.2, 0) is 44.0 Å². The highest BCUT2D eigenvalue weighted by molar-refractivity contribution is 7.47. The Labute approximate surface area is 269 Å². The Morgan fingerprint density at radius 1 is 0.766 bits per heavy atom. The van der Waals surface area contributed by atoms with E-state index in [0.29, 0.717) is 0 Å². The van der Waals surface area contributed by atoms with Crippen molar-refractivity contribution >= 4 is 37.7 Å². The molecular weight excluding hydrogens is 645 g/mol. The summed E-state index contributed by atoms with van der Waals surface area (Å²) >= 11 is 0. The number of hydrogen-bond acceptors (Lipinski definition) is 11. The van der Waals surface area contributed by atoms with Crippen molar-refractivity contribution in [1.29, 1.82) is 0 Å². The average Bonchev–Trinajstić information content (AvgIpc) is 2.99. The second-order valence-electron chi connectivity index (χ2n) is 10.3. The van der Waals surface area contributed by atoms with Crippen molar-refractivity contribution < 1.29 is 68.0 Å². The number of nitrogens with zero attached hydrogens (tertiary/aromatic N) is 1. The molecular formula is C29H38N3O14P. The molecule has 258 valence electrons. The minimum absolute atomic E-state index is 0.00479. The third-order valence-electron chi connectivity index (χ3n) is 6.74. The molecule has 0 aliphatic carbocycles. The zero-order chi connectivity index (χ0) is 35.0. The minimum Gasteiger partial charge on any atom is -0.480 e. The molecule has 2 aromatic carbocycles. The van der Waals surface area contributed by atoms with E-state index in [2.05, 4.69) is 10.6 Å². The summed E-state index contributed by atoms with van der Waals surface area (Å²) in [5.74, 6) is -7.48. The van der Waals surface area contributed by atoms with Gasteiger partial charge in [0.1, 0.15) is 6.04 Å². The first-order chi connectivity index (χ1) is 22.2. The van der Waals surface area contributed by atoms with Crippen LogP contribution in [0.2, 0.25) is 0 Å². The van der Waals surface area contributed by atoms with E-state index >= 15 is 0 Å². The van der Waals surface area contributed by atoms with Crippen molar-refractivity contribution in [2.75, 3.05) is 39.4 Å². The summed E-state index contributed by atoms with van der Waals surface area (Å²) in [6.07, 6.45) is 0.103. The second kappa shape index (κ2) is 19.4. The van der Waals surface area contributed by atoms with Gasteiger partial charge in [-0.05, 0) is 42.5 Å². The van der Waals surface area contributed by atoms with Gasteiger partial charge < -0.3 is 35.7 Å². The molecule has 18 heteroatoms. The molecule has 0 spiro atoms. The maximum absolute atomic E-state index is 12.6. The van der Waals surface area contributed by atoms with Crippen LogP contribution in [0.5, 0.6) is 0 Å². The zero-order valence-corrected chi connectivity index (χ0v) is 26.0. The first kappa shape index (κ1) is 39.0. The number of phosphoric ester groups is 1. The van der Waals surface area contributed by atoms with Crippen LogP contribution in [0.4, 0.5) is 0 Å². The number of rotatable bonds is 24. The van der Waals surface area contributed by atoms with E-state index in [1.807, 2.05) is 54.6 Å². The number of aliphatic carboxylic acids is 5. The Morgan fingerprint density at radius 3 is 1.87 bits per heavy atom. The number of benzene rings is 2. The third-order valence-corrected chi connectivity index (χ3v) is 7.72. The largest absolute Gasteiger partial charge is 0.480 e. The van der Waals surface area contributed by atoms with Gasteiger partial charge >= 0.3 is 37.7 Å². The normalized spacial score (nSPS) is 13.9. The fraction of sp³-hybridized carbons (Fsp3) is 0.414.